The second-order valence-corrected chi connectivity index (χ2v) is 4.20. The molecule has 0 spiro atoms. The zero-order valence-electron chi connectivity index (χ0n) is 10.1. The molecule has 0 aliphatic heterocycles. The Morgan fingerprint density at radius 3 is 2.68 bits per heavy atom. The van der Waals surface area contributed by atoms with E-state index in [1.165, 1.54) is 0 Å². The van der Waals surface area contributed by atoms with Crippen molar-refractivity contribution in [1.82, 2.24) is 9.97 Å². The van der Waals surface area contributed by atoms with E-state index in [4.69, 9.17) is 5.73 Å². The molecule has 0 aliphatic carbocycles. The number of nitrogens with zero attached hydrogens (tertiary/aromatic N) is 1. The van der Waals surface area contributed by atoms with E-state index in [2.05, 4.69) is 15.3 Å². The Morgan fingerprint density at radius 2 is 1.95 bits per heavy atom. The maximum absolute atomic E-state index is 10.4. The molecule has 0 radical (unpaired) electrons. The molecule has 1 amide bonds. The number of nitrogens with one attached hydrogen (secondary N) is 2. The fourth-order valence-electron chi connectivity index (χ4n) is 1.95. The standard InChI is InChI=1S/C14H12N4O/c15-10-3-1-9(2-4-10)14-17-12-6-5-11(16-8-19)7-13(12)18-14/h1-8H,15H2,(H,16,19)(H,17,18). The normalized spacial score (nSPS) is 10.5. The number of benzene rings is 2. The van der Waals surface area contributed by atoms with Crippen LogP contribution in [0.2, 0.25) is 0 Å². The average Bonchev–Trinajstić information content (AvgIpc) is 2.83. The topological polar surface area (TPSA) is 83.8 Å². The summed E-state index contributed by atoms with van der Waals surface area (Å²) in [6.07, 6.45) is 0.651. The molecule has 5 nitrogen and oxygen atoms in total. The average molecular weight is 252 g/mol. The molecular weight excluding hydrogens is 240 g/mol. The van der Waals surface area contributed by atoms with Crippen LogP contribution in [0.3, 0.4) is 0 Å². The minimum atomic E-state index is 0.651. The van der Waals surface area contributed by atoms with E-state index in [-0.39, 0.29) is 0 Å². The molecular formula is C14H12N4O. The number of amides is 1. The van der Waals surface area contributed by atoms with Crippen LogP contribution in [0.25, 0.3) is 22.4 Å². The number of fused-ring (bicyclic) bond motifs is 1. The molecule has 19 heavy (non-hydrogen) atoms. The van der Waals surface area contributed by atoms with Gasteiger partial charge in [-0.05, 0) is 42.5 Å². The number of rotatable bonds is 3. The summed E-state index contributed by atoms with van der Waals surface area (Å²) in [4.78, 5) is 18.1. The van der Waals surface area contributed by atoms with Gasteiger partial charge in [0, 0.05) is 16.9 Å². The molecule has 0 bridgehead atoms. The van der Waals surface area contributed by atoms with Crippen LogP contribution >= 0.6 is 0 Å². The minimum absolute atomic E-state index is 0.651. The van der Waals surface area contributed by atoms with Crippen LogP contribution in [0.15, 0.2) is 42.5 Å². The smallest absolute Gasteiger partial charge is 0.211 e. The highest BCUT2D eigenvalue weighted by molar-refractivity contribution is 5.85. The fourth-order valence-corrected chi connectivity index (χ4v) is 1.95. The molecule has 0 unspecified atom stereocenters. The molecule has 0 fully saturated rings. The number of imidazole rings is 1. The molecule has 0 aliphatic rings. The third kappa shape index (κ3) is 2.13. The van der Waals surface area contributed by atoms with E-state index in [0.29, 0.717) is 6.41 Å². The summed E-state index contributed by atoms with van der Waals surface area (Å²) in [7, 11) is 0. The lowest BCUT2D eigenvalue weighted by Gasteiger charge is -1.97. The van der Waals surface area contributed by atoms with E-state index in [1.54, 1.807) is 0 Å². The quantitative estimate of drug-likeness (QED) is 0.494. The minimum Gasteiger partial charge on any atom is -0.399 e. The van der Waals surface area contributed by atoms with E-state index in [9.17, 15) is 4.79 Å². The first-order valence-corrected chi connectivity index (χ1v) is 5.82. The zero-order chi connectivity index (χ0) is 13.2. The molecule has 3 aromatic rings. The third-order valence-corrected chi connectivity index (χ3v) is 2.89. The first-order chi connectivity index (χ1) is 9.26. The summed E-state index contributed by atoms with van der Waals surface area (Å²) in [6.45, 7) is 0. The molecule has 0 saturated heterocycles. The number of nitrogen functional groups attached to an aromatic ring is 1. The molecule has 3 rings (SSSR count). The van der Waals surface area contributed by atoms with Gasteiger partial charge in [0.15, 0.2) is 0 Å². The molecule has 1 heterocycles. The van der Waals surface area contributed by atoms with Crippen LogP contribution in [-0.4, -0.2) is 16.4 Å². The van der Waals surface area contributed by atoms with Crippen molar-refractivity contribution in [1.29, 1.82) is 0 Å². The zero-order valence-corrected chi connectivity index (χ0v) is 10.1. The predicted octanol–water partition coefficient (Wildman–Crippen LogP) is 2.38. The van der Waals surface area contributed by atoms with Crippen LogP contribution in [0, 0.1) is 0 Å². The van der Waals surface area contributed by atoms with Crippen molar-refractivity contribution in [3.63, 3.8) is 0 Å². The third-order valence-electron chi connectivity index (χ3n) is 2.89. The maximum Gasteiger partial charge on any atom is 0.211 e. The number of carbonyl (C=O) groups excluding carboxylic acids is 1. The number of aromatic nitrogens is 2. The predicted molar refractivity (Wildman–Crippen MR) is 75.6 cm³/mol. The Morgan fingerprint density at radius 1 is 1.16 bits per heavy atom. The SMILES string of the molecule is Nc1ccc(-c2nc3ccc(NC=O)cc3[nH]2)cc1. The van der Waals surface area contributed by atoms with Crippen molar-refractivity contribution in [2.45, 2.75) is 0 Å². The lowest BCUT2D eigenvalue weighted by Crippen LogP contribution is -1.92. The van der Waals surface area contributed by atoms with Crippen molar-refractivity contribution in [2.24, 2.45) is 0 Å². The Hall–Kier alpha value is -2.82. The highest BCUT2D eigenvalue weighted by Gasteiger charge is 2.05. The summed E-state index contributed by atoms with van der Waals surface area (Å²) in [6, 6.07) is 13.0. The number of nitrogens with two attached hydrogens (primary N) is 1. The van der Waals surface area contributed by atoms with Gasteiger partial charge in [0.25, 0.3) is 0 Å². The van der Waals surface area contributed by atoms with Gasteiger partial charge in [-0.15, -0.1) is 0 Å². The van der Waals surface area contributed by atoms with E-state index in [0.717, 1.165) is 33.8 Å². The highest BCUT2D eigenvalue weighted by Crippen LogP contribution is 2.23. The summed E-state index contributed by atoms with van der Waals surface area (Å²) >= 11 is 0. The summed E-state index contributed by atoms with van der Waals surface area (Å²) in [5.74, 6) is 0.776. The van der Waals surface area contributed by atoms with E-state index < -0.39 is 0 Å². The van der Waals surface area contributed by atoms with Gasteiger partial charge in [0.1, 0.15) is 5.82 Å². The number of aromatic amines is 1. The van der Waals surface area contributed by atoms with Crippen molar-refractivity contribution in [2.75, 3.05) is 11.1 Å². The molecule has 2 aromatic carbocycles. The summed E-state index contributed by atoms with van der Waals surface area (Å²) < 4.78 is 0. The number of hydrogen-bond donors (Lipinski definition) is 3. The van der Waals surface area contributed by atoms with Gasteiger partial charge in [-0.25, -0.2) is 4.98 Å². The first-order valence-electron chi connectivity index (χ1n) is 5.82. The van der Waals surface area contributed by atoms with Crippen LogP contribution in [-0.2, 0) is 4.79 Å². The van der Waals surface area contributed by atoms with Gasteiger partial charge in [-0.2, -0.15) is 0 Å². The largest absolute Gasteiger partial charge is 0.399 e. The summed E-state index contributed by atoms with van der Waals surface area (Å²) in [5.41, 5.74) is 9.80. The molecule has 0 atom stereocenters. The second kappa shape index (κ2) is 4.45. The molecule has 4 N–H and O–H groups in total. The fraction of sp³-hybridized carbons (Fsp3) is 0. The van der Waals surface area contributed by atoms with Gasteiger partial charge in [0.05, 0.1) is 11.0 Å². The number of hydrogen-bond acceptors (Lipinski definition) is 3. The molecule has 5 heteroatoms. The van der Waals surface area contributed by atoms with Gasteiger partial charge in [-0.1, -0.05) is 0 Å². The second-order valence-electron chi connectivity index (χ2n) is 4.20. The van der Waals surface area contributed by atoms with Crippen molar-refractivity contribution < 1.29 is 4.79 Å². The Labute approximate surface area is 109 Å². The van der Waals surface area contributed by atoms with Gasteiger partial charge in [0.2, 0.25) is 6.41 Å². The number of H-pyrrole nitrogens is 1. The van der Waals surface area contributed by atoms with Crippen molar-refractivity contribution in [3.05, 3.63) is 42.5 Å². The Balaban J connectivity index is 2.05. The molecule has 1 aromatic heterocycles. The Kier molecular flexibility index (Phi) is 2.64. The molecule has 0 saturated carbocycles. The lowest BCUT2D eigenvalue weighted by atomic mass is 10.2. The van der Waals surface area contributed by atoms with Gasteiger partial charge >= 0.3 is 0 Å². The van der Waals surface area contributed by atoms with Crippen molar-refractivity contribution in [3.8, 4) is 11.4 Å². The van der Waals surface area contributed by atoms with Crippen molar-refractivity contribution >= 4 is 28.8 Å². The van der Waals surface area contributed by atoms with Crippen LogP contribution in [0.5, 0.6) is 0 Å². The summed E-state index contributed by atoms with van der Waals surface area (Å²) in [5, 5.41) is 2.61. The highest BCUT2D eigenvalue weighted by atomic mass is 16.1. The van der Waals surface area contributed by atoms with Crippen LogP contribution < -0.4 is 11.1 Å². The number of anilines is 2. The maximum atomic E-state index is 10.4. The monoisotopic (exact) mass is 252 g/mol. The van der Waals surface area contributed by atoms with Gasteiger partial charge < -0.3 is 16.0 Å². The van der Waals surface area contributed by atoms with Crippen LogP contribution in [0.4, 0.5) is 11.4 Å². The molecule has 94 valence electrons. The lowest BCUT2D eigenvalue weighted by molar-refractivity contribution is -0.105. The first kappa shape index (κ1) is 11.3. The number of carbonyl (C=O) groups is 1. The van der Waals surface area contributed by atoms with E-state index >= 15 is 0 Å². The van der Waals surface area contributed by atoms with Gasteiger partial charge in [-0.3, -0.25) is 4.79 Å². The van der Waals surface area contributed by atoms with E-state index in [1.807, 2.05) is 42.5 Å². The Bertz CT molecular complexity index is 731. The van der Waals surface area contributed by atoms with Crippen LogP contribution in [0.1, 0.15) is 0 Å².